The van der Waals surface area contributed by atoms with Crippen molar-refractivity contribution in [3.05, 3.63) is 57.9 Å². The lowest BCUT2D eigenvalue weighted by Gasteiger charge is -2.03. The van der Waals surface area contributed by atoms with Crippen LogP contribution in [0.4, 0.5) is 0 Å². The van der Waals surface area contributed by atoms with E-state index < -0.39 is 10.0 Å². The normalized spacial score (nSPS) is 11.8. The Hall–Kier alpha value is -1.54. The van der Waals surface area contributed by atoms with Crippen LogP contribution in [0.25, 0.3) is 10.6 Å². The molecule has 0 fully saturated rings. The topological polar surface area (TPSA) is 59.1 Å². The first-order valence-electron chi connectivity index (χ1n) is 7.59. The van der Waals surface area contributed by atoms with E-state index in [1.807, 2.05) is 50.2 Å². The van der Waals surface area contributed by atoms with Gasteiger partial charge < -0.3 is 0 Å². The van der Waals surface area contributed by atoms with Crippen LogP contribution in [0.1, 0.15) is 22.4 Å². The number of sulfonamides is 1. The Balaban J connectivity index is 1.76. The molecule has 0 saturated heterocycles. The lowest BCUT2D eigenvalue weighted by molar-refractivity contribution is 0.584. The Bertz CT molecular complexity index is 928. The zero-order chi connectivity index (χ0) is 17.2. The minimum atomic E-state index is -3.47. The van der Waals surface area contributed by atoms with Crippen molar-refractivity contribution in [3.63, 3.8) is 0 Å². The molecule has 126 valence electrons. The van der Waals surface area contributed by atoms with Gasteiger partial charge in [0, 0.05) is 21.9 Å². The van der Waals surface area contributed by atoms with Crippen LogP contribution in [0.3, 0.4) is 0 Å². The van der Waals surface area contributed by atoms with E-state index in [1.54, 1.807) is 6.07 Å². The quantitative estimate of drug-likeness (QED) is 0.698. The first-order chi connectivity index (χ1) is 11.5. The van der Waals surface area contributed by atoms with Gasteiger partial charge in [0.05, 0.1) is 5.69 Å². The Morgan fingerprint density at radius 3 is 2.50 bits per heavy atom. The molecule has 4 nitrogen and oxygen atoms in total. The van der Waals surface area contributed by atoms with Gasteiger partial charge in [0.15, 0.2) is 0 Å². The third-order valence-electron chi connectivity index (χ3n) is 3.59. The average molecular weight is 379 g/mol. The number of thiophene rings is 1. The molecule has 0 atom stereocenters. The molecule has 2 heterocycles. The van der Waals surface area contributed by atoms with Crippen molar-refractivity contribution in [2.75, 3.05) is 0 Å². The van der Waals surface area contributed by atoms with Crippen molar-refractivity contribution in [2.24, 2.45) is 0 Å². The molecule has 24 heavy (non-hydrogen) atoms. The Morgan fingerprint density at radius 2 is 1.83 bits per heavy atom. The first-order valence-corrected chi connectivity index (χ1v) is 10.7. The molecule has 2 aromatic heterocycles. The van der Waals surface area contributed by atoms with Gasteiger partial charge in [-0.2, -0.15) is 0 Å². The Labute approximate surface area is 150 Å². The highest BCUT2D eigenvalue weighted by atomic mass is 32.2. The Kier molecular flexibility index (Phi) is 5.15. The first kappa shape index (κ1) is 17.3. The van der Waals surface area contributed by atoms with Gasteiger partial charge in [-0.1, -0.05) is 37.3 Å². The number of hydrogen-bond acceptors (Lipinski definition) is 5. The fourth-order valence-electron chi connectivity index (χ4n) is 2.22. The van der Waals surface area contributed by atoms with E-state index in [9.17, 15) is 8.42 Å². The van der Waals surface area contributed by atoms with Crippen LogP contribution in [0, 0.1) is 6.92 Å². The van der Waals surface area contributed by atoms with Gasteiger partial charge in [0.2, 0.25) is 10.0 Å². The van der Waals surface area contributed by atoms with Crippen LogP contribution >= 0.6 is 22.7 Å². The van der Waals surface area contributed by atoms with Crippen molar-refractivity contribution in [2.45, 2.75) is 31.0 Å². The highest BCUT2D eigenvalue weighted by Crippen LogP contribution is 2.28. The van der Waals surface area contributed by atoms with Gasteiger partial charge in [-0.3, -0.25) is 0 Å². The Morgan fingerprint density at radius 1 is 1.08 bits per heavy atom. The fourth-order valence-corrected chi connectivity index (χ4v) is 5.66. The maximum atomic E-state index is 12.4. The summed E-state index contributed by atoms with van der Waals surface area (Å²) in [7, 11) is -3.47. The standard InChI is InChI=1S/C17H18N2O2S3/c1-3-14-9-10-16(22-14)24(20,21)18-11-15-12(2)19-17(23-15)13-7-5-4-6-8-13/h4-10,18H,3,11H2,1-2H3. The molecule has 7 heteroatoms. The van der Waals surface area contributed by atoms with Gasteiger partial charge in [-0.15, -0.1) is 22.7 Å². The van der Waals surface area contributed by atoms with Crippen molar-refractivity contribution < 1.29 is 8.42 Å². The van der Waals surface area contributed by atoms with Crippen molar-refractivity contribution in [3.8, 4) is 10.6 Å². The highest BCUT2D eigenvalue weighted by molar-refractivity contribution is 7.91. The third-order valence-corrected chi connectivity index (χ3v) is 7.92. The van der Waals surface area contributed by atoms with Gasteiger partial charge >= 0.3 is 0 Å². The van der Waals surface area contributed by atoms with E-state index in [2.05, 4.69) is 9.71 Å². The molecular weight excluding hydrogens is 360 g/mol. The second-order valence-electron chi connectivity index (χ2n) is 5.29. The van der Waals surface area contributed by atoms with Gasteiger partial charge in [0.25, 0.3) is 0 Å². The largest absolute Gasteiger partial charge is 0.250 e. The molecule has 0 aliphatic heterocycles. The molecule has 0 spiro atoms. The summed E-state index contributed by atoms with van der Waals surface area (Å²) in [5.74, 6) is 0. The zero-order valence-electron chi connectivity index (χ0n) is 13.4. The molecule has 3 aromatic rings. The molecular formula is C17H18N2O2S3. The predicted octanol–water partition coefficient (Wildman–Crippen LogP) is 4.22. The SMILES string of the molecule is CCc1ccc(S(=O)(=O)NCc2sc(-c3ccccc3)nc2C)s1. The van der Waals surface area contributed by atoms with Crippen molar-refractivity contribution >= 4 is 32.7 Å². The average Bonchev–Trinajstić information content (AvgIpc) is 3.21. The molecule has 1 aromatic carbocycles. The van der Waals surface area contributed by atoms with Crippen molar-refractivity contribution in [1.82, 2.24) is 9.71 Å². The van der Waals surface area contributed by atoms with Crippen LogP contribution < -0.4 is 4.72 Å². The minimum Gasteiger partial charge on any atom is -0.241 e. The number of nitrogens with one attached hydrogen (secondary N) is 1. The summed E-state index contributed by atoms with van der Waals surface area (Å²) in [6.45, 7) is 4.19. The van der Waals surface area contributed by atoms with Gasteiger partial charge in [-0.05, 0) is 25.5 Å². The van der Waals surface area contributed by atoms with E-state index >= 15 is 0 Å². The number of hydrogen-bond donors (Lipinski definition) is 1. The summed E-state index contributed by atoms with van der Waals surface area (Å²) < 4.78 is 27.9. The van der Waals surface area contributed by atoms with Crippen LogP contribution in [-0.4, -0.2) is 13.4 Å². The third kappa shape index (κ3) is 3.75. The number of nitrogens with zero attached hydrogens (tertiary/aromatic N) is 1. The smallest absolute Gasteiger partial charge is 0.241 e. The lowest BCUT2D eigenvalue weighted by atomic mass is 10.2. The number of benzene rings is 1. The van der Waals surface area contributed by atoms with E-state index in [0.29, 0.717) is 4.21 Å². The number of rotatable bonds is 6. The number of aryl methyl sites for hydroxylation is 2. The molecule has 0 aliphatic carbocycles. The summed E-state index contributed by atoms with van der Waals surface area (Å²) in [6, 6.07) is 13.4. The fraction of sp³-hybridized carbons (Fsp3) is 0.235. The maximum absolute atomic E-state index is 12.4. The van der Waals surface area contributed by atoms with Crippen molar-refractivity contribution in [1.29, 1.82) is 0 Å². The second kappa shape index (κ2) is 7.14. The van der Waals surface area contributed by atoms with Crippen LogP contribution in [-0.2, 0) is 23.0 Å². The molecule has 0 saturated carbocycles. The van der Waals surface area contributed by atoms with Crippen LogP contribution in [0.15, 0.2) is 46.7 Å². The summed E-state index contributed by atoms with van der Waals surface area (Å²) >= 11 is 2.84. The molecule has 0 unspecified atom stereocenters. The van der Waals surface area contributed by atoms with E-state index in [1.165, 1.54) is 22.7 Å². The summed E-state index contributed by atoms with van der Waals surface area (Å²) in [6.07, 6.45) is 0.842. The van der Waals surface area contributed by atoms with E-state index in [-0.39, 0.29) is 6.54 Å². The highest BCUT2D eigenvalue weighted by Gasteiger charge is 2.18. The van der Waals surface area contributed by atoms with Gasteiger partial charge in [-0.25, -0.2) is 18.1 Å². The summed E-state index contributed by atoms with van der Waals surface area (Å²) in [5, 5.41) is 0.909. The monoisotopic (exact) mass is 378 g/mol. The van der Waals surface area contributed by atoms with Gasteiger partial charge in [0.1, 0.15) is 9.22 Å². The molecule has 0 radical (unpaired) electrons. The molecule has 3 rings (SSSR count). The number of thiazole rings is 1. The van der Waals surface area contributed by atoms with E-state index in [0.717, 1.165) is 32.4 Å². The molecule has 0 aliphatic rings. The summed E-state index contributed by atoms with van der Waals surface area (Å²) in [4.78, 5) is 6.56. The number of aromatic nitrogens is 1. The van der Waals surface area contributed by atoms with Crippen LogP contribution in [0.5, 0.6) is 0 Å². The maximum Gasteiger partial charge on any atom is 0.250 e. The van der Waals surface area contributed by atoms with Crippen LogP contribution in [0.2, 0.25) is 0 Å². The molecule has 0 amide bonds. The minimum absolute atomic E-state index is 0.262. The van der Waals surface area contributed by atoms with E-state index in [4.69, 9.17) is 0 Å². The lowest BCUT2D eigenvalue weighted by Crippen LogP contribution is -2.22. The molecule has 1 N–H and O–H groups in total. The predicted molar refractivity (Wildman–Crippen MR) is 100 cm³/mol. The second-order valence-corrected chi connectivity index (χ2v) is 9.54. The zero-order valence-corrected chi connectivity index (χ0v) is 15.9. The summed E-state index contributed by atoms with van der Waals surface area (Å²) in [5.41, 5.74) is 1.91. The molecule has 0 bridgehead atoms.